The second-order valence-electron chi connectivity index (χ2n) is 8.62. The van der Waals surface area contributed by atoms with Crippen LogP contribution < -0.4 is 9.64 Å². The molecule has 2 saturated heterocycles. The Balaban J connectivity index is 1.40. The molecule has 2 aliphatic rings. The van der Waals surface area contributed by atoms with Crippen LogP contribution in [0, 0.1) is 10.1 Å². The summed E-state index contributed by atoms with van der Waals surface area (Å²) >= 11 is 0. The number of benzene rings is 3. The van der Waals surface area contributed by atoms with E-state index in [4.69, 9.17) is 9.26 Å². The van der Waals surface area contributed by atoms with E-state index in [1.165, 1.54) is 6.07 Å². The van der Waals surface area contributed by atoms with Crippen LogP contribution in [0.4, 0.5) is 17.1 Å². The fraction of sp³-hybridized carbons (Fsp3) is 0.280. The Kier molecular flexibility index (Phi) is 6.34. The van der Waals surface area contributed by atoms with Gasteiger partial charge in [-0.3, -0.25) is 19.2 Å². The Labute approximate surface area is 204 Å². The van der Waals surface area contributed by atoms with Gasteiger partial charge >= 0.3 is 13.4 Å². The Morgan fingerprint density at radius 3 is 2.23 bits per heavy atom. The lowest BCUT2D eigenvalue weighted by Crippen LogP contribution is -2.10. The second-order valence-corrected chi connectivity index (χ2v) is 10.9. The molecule has 0 bridgehead atoms. The van der Waals surface area contributed by atoms with Crippen molar-refractivity contribution < 1.29 is 18.7 Å². The highest BCUT2D eigenvalue weighted by Gasteiger charge is 2.50. The molecule has 2 aliphatic heterocycles. The van der Waals surface area contributed by atoms with Gasteiger partial charge in [0.2, 0.25) is 5.75 Å². The van der Waals surface area contributed by atoms with E-state index >= 15 is 0 Å². The van der Waals surface area contributed by atoms with Crippen molar-refractivity contribution in [2.45, 2.75) is 13.0 Å². The van der Waals surface area contributed by atoms with E-state index < -0.39 is 18.7 Å². The first-order valence-corrected chi connectivity index (χ1v) is 13.0. The maximum atomic E-state index is 13.4. The molecule has 2 fully saturated rings. The highest BCUT2D eigenvalue weighted by molar-refractivity contribution is 7.54. The molecule has 9 nitrogen and oxygen atoms in total. The minimum Gasteiger partial charge on any atom is -0.450 e. The molecule has 0 aromatic heterocycles. The van der Waals surface area contributed by atoms with Gasteiger partial charge in [0.15, 0.2) is 0 Å². The zero-order chi connectivity index (χ0) is 24.6. The quantitative estimate of drug-likeness (QED) is 0.147. The van der Waals surface area contributed by atoms with Crippen molar-refractivity contribution in [3.8, 4) is 11.5 Å². The van der Waals surface area contributed by atoms with Crippen LogP contribution in [0.15, 0.2) is 72.8 Å². The smallest absolute Gasteiger partial charge is 0.346 e. The van der Waals surface area contributed by atoms with Crippen molar-refractivity contribution >= 4 is 24.7 Å². The van der Waals surface area contributed by atoms with Crippen LogP contribution in [0.3, 0.4) is 0 Å². The molecule has 2 heterocycles. The maximum absolute atomic E-state index is 13.4. The molecule has 0 radical (unpaired) electrons. The van der Waals surface area contributed by atoms with Gasteiger partial charge in [0.25, 0.3) is 0 Å². The molecule has 0 aliphatic carbocycles. The average Bonchev–Trinajstić information content (AvgIpc) is 3.76. The number of nitro benzene ring substituents is 1. The highest BCUT2D eigenvalue weighted by atomic mass is 31.2. The summed E-state index contributed by atoms with van der Waals surface area (Å²) in [6.45, 7) is 4.82. The van der Waals surface area contributed by atoms with Crippen molar-refractivity contribution in [1.82, 2.24) is 9.34 Å². The number of hydrogen-bond acceptors (Lipinski definition) is 6. The molecule has 1 unspecified atom stereocenters. The Hall–Kier alpha value is -3.23. The number of anilines is 2. The van der Waals surface area contributed by atoms with E-state index in [9.17, 15) is 14.7 Å². The standard InChI is InChI=1S/C25H27N4O5P/c1-19(34-35(32,27-13-14-27)28-15-16-28)20-11-12-24(29(30)31)25(17-20)33-23-10-6-9-22(18-23)26(2)21-7-4-3-5-8-21/h3-12,17-19H,13-16H2,1-2H3. The molecule has 35 heavy (non-hydrogen) atoms. The van der Waals surface area contributed by atoms with Crippen LogP contribution in [0.1, 0.15) is 18.6 Å². The number of nitro groups is 1. The average molecular weight is 494 g/mol. The van der Waals surface area contributed by atoms with E-state index in [0.29, 0.717) is 11.3 Å². The molecule has 3 aromatic rings. The SMILES string of the molecule is CC(OP(=O)(N1CC1)N1CC1)c1ccc([N+](=O)[O-])c(Oc2cccc(N(C)c3ccccc3)c2)c1. The predicted octanol–water partition coefficient (Wildman–Crippen LogP) is 5.97. The number of nitrogens with zero attached hydrogens (tertiary/aromatic N) is 4. The van der Waals surface area contributed by atoms with Crippen LogP contribution in [0.2, 0.25) is 0 Å². The number of rotatable bonds is 10. The monoisotopic (exact) mass is 494 g/mol. The summed E-state index contributed by atoms with van der Waals surface area (Å²) < 4.78 is 29.1. The van der Waals surface area contributed by atoms with Gasteiger partial charge in [-0.1, -0.05) is 24.3 Å². The number of para-hydroxylation sites is 1. The van der Waals surface area contributed by atoms with Crippen LogP contribution in [0.25, 0.3) is 0 Å². The summed E-state index contributed by atoms with van der Waals surface area (Å²) in [7, 11) is -1.09. The van der Waals surface area contributed by atoms with Crippen molar-refractivity contribution in [3.63, 3.8) is 0 Å². The maximum Gasteiger partial charge on any atom is 0.346 e. The molecular weight excluding hydrogens is 467 g/mol. The van der Waals surface area contributed by atoms with Gasteiger partial charge in [0, 0.05) is 56.7 Å². The molecule has 182 valence electrons. The molecule has 0 saturated carbocycles. The molecule has 3 aromatic carbocycles. The lowest BCUT2D eigenvalue weighted by Gasteiger charge is -2.24. The number of ether oxygens (including phenoxy) is 1. The Morgan fingerprint density at radius 1 is 0.943 bits per heavy atom. The van der Waals surface area contributed by atoms with E-state index in [1.54, 1.807) is 25.1 Å². The Morgan fingerprint density at radius 2 is 1.60 bits per heavy atom. The van der Waals surface area contributed by atoms with Crippen molar-refractivity contribution in [2.75, 3.05) is 38.1 Å². The summed E-state index contributed by atoms with van der Waals surface area (Å²) in [5, 5.41) is 11.7. The largest absolute Gasteiger partial charge is 0.450 e. The van der Waals surface area contributed by atoms with E-state index in [-0.39, 0.29) is 11.4 Å². The fourth-order valence-corrected chi connectivity index (χ4v) is 6.22. The summed E-state index contributed by atoms with van der Waals surface area (Å²) in [6.07, 6.45) is -0.527. The molecular formula is C25H27N4O5P. The topological polar surface area (TPSA) is 87.9 Å². The fourth-order valence-electron chi connectivity index (χ4n) is 3.87. The third-order valence-electron chi connectivity index (χ3n) is 6.08. The van der Waals surface area contributed by atoms with E-state index in [2.05, 4.69) is 0 Å². The zero-order valence-electron chi connectivity index (χ0n) is 19.6. The van der Waals surface area contributed by atoms with Gasteiger partial charge in [-0.05, 0) is 48.9 Å². The minimum atomic E-state index is -3.04. The second kappa shape index (κ2) is 9.43. The summed E-state index contributed by atoms with van der Waals surface area (Å²) in [5.41, 5.74) is 2.39. The van der Waals surface area contributed by atoms with Gasteiger partial charge in [-0.25, -0.2) is 9.34 Å². The van der Waals surface area contributed by atoms with Crippen LogP contribution in [-0.2, 0) is 9.09 Å². The van der Waals surface area contributed by atoms with Gasteiger partial charge in [0.05, 0.1) is 11.0 Å². The van der Waals surface area contributed by atoms with Gasteiger partial charge in [-0.2, -0.15) is 0 Å². The third-order valence-corrected chi connectivity index (χ3v) is 8.90. The summed E-state index contributed by atoms with van der Waals surface area (Å²) in [6, 6.07) is 21.9. The van der Waals surface area contributed by atoms with Crippen LogP contribution in [-0.4, -0.2) is 47.5 Å². The first-order valence-electron chi connectivity index (χ1n) is 11.5. The highest BCUT2D eigenvalue weighted by Crippen LogP contribution is 2.63. The molecule has 10 heteroatoms. The first-order chi connectivity index (χ1) is 16.8. The van der Waals surface area contributed by atoms with E-state index in [0.717, 1.165) is 37.6 Å². The molecule has 1 atom stereocenters. The molecule has 5 rings (SSSR count). The third kappa shape index (κ3) is 5.09. The lowest BCUT2D eigenvalue weighted by molar-refractivity contribution is -0.385. The Bertz CT molecular complexity index is 1260. The summed E-state index contributed by atoms with van der Waals surface area (Å²) in [4.78, 5) is 13.2. The lowest BCUT2D eigenvalue weighted by atomic mass is 10.1. The van der Waals surface area contributed by atoms with Crippen LogP contribution >= 0.6 is 7.67 Å². The number of hydrogen-bond donors (Lipinski definition) is 0. The predicted molar refractivity (Wildman–Crippen MR) is 134 cm³/mol. The summed E-state index contributed by atoms with van der Waals surface area (Å²) in [5.74, 6) is 0.578. The normalized spacial score (nSPS) is 16.5. The zero-order valence-corrected chi connectivity index (χ0v) is 20.5. The first kappa shape index (κ1) is 23.5. The molecule has 0 N–H and O–H groups in total. The van der Waals surface area contributed by atoms with Crippen molar-refractivity contribution in [1.29, 1.82) is 0 Å². The minimum absolute atomic E-state index is 0.107. The van der Waals surface area contributed by atoms with Gasteiger partial charge in [-0.15, -0.1) is 0 Å². The van der Waals surface area contributed by atoms with Gasteiger partial charge in [0.1, 0.15) is 5.75 Å². The van der Waals surface area contributed by atoms with Gasteiger partial charge < -0.3 is 9.64 Å². The van der Waals surface area contributed by atoms with E-state index in [1.807, 2.05) is 69.8 Å². The van der Waals surface area contributed by atoms with Crippen molar-refractivity contribution in [3.05, 3.63) is 88.5 Å². The van der Waals surface area contributed by atoms with Crippen molar-refractivity contribution in [2.24, 2.45) is 0 Å². The molecule has 0 amide bonds. The molecule has 0 spiro atoms. The van der Waals surface area contributed by atoms with Crippen LogP contribution in [0.5, 0.6) is 11.5 Å².